The minimum atomic E-state index is -0.0848. The summed E-state index contributed by atoms with van der Waals surface area (Å²) < 4.78 is 8.05. The monoisotopic (exact) mass is 360 g/mol. The van der Waals surface area contributed by atoms with Gasteiger partial charge in [0.05, 0.1) is 23.6 Å². The van der Waals surface area contributed by atoms with Gasteiger partial charge < -0.3 is 14.6 Å². The minimum absolute atomic E-state index is 0.0677. The Morgan fingerprint density at radius 1 is 1.46 bits per heavy atom. The van der Waals surface area contributed by atoms with Crippen molar-refractivity contribution in [2.75, 3.05) is 0 Å². The van der Waals surface area contributed by atoms with Crippen LogP contribution in [-0.4, -0.2) is 16.6 Å². The number of nitrogens with zero attached hydrogens (tertiary/aromatic N) is 1. The molecule has 1 atom stereocenters. The Morgan fingerprint density at radius 2 is 2.33 bits per heavy atom. The maximum atomic E-state index is 12.7. The molecule has 1 aliphatic heterocycles. The van der Waals surface area contributed by atoms with Gasteiger partial charge in [-0.25, -0.2) is 0 Å². The summed E-state index contributed by atoms with van der Waals surface area (Å²) >= 11 is 7.96. The van der Waals surface area contributed by atoms with Crippen LogP contribution in [0, 0.1) is 0 Å². The zero-order valence-corrected chi connectivity index (χ0v) is 14.8. The third-order valence-electron chi connectivity index (χ3n) is 4.34. The number of amides is 1. The van der Waals surface area contributed by atoms with Crippen molar-refractivity contribution >= 4 is 39.7 Å². The molecular weight excluding hydrogens is 344 g/mol. The number of hydrogen-bond donors (Lipinski definition) is 1. The third-order valence-corrected chi connectivity index (χ3v) is 5.55. The van der Waals surface area contributed by atoms with E-state index in [9.17, 15) is 4.79 Å². The predicted molar refractivity (Wildman–Crippen MR) is 97.1 cm³/mol. The van der Waals surface area contributed by atoms with Gasteiger partial charge in [0.15, 0.2) is 0 Å². The molecule has 0 bridgehead atoms. The Bertz CT molecular complexity index is 902. The largest absolute Gasteiger partial charge is 0.486 e. The summed E-state index contributed by atoms with van der Waals surface area (Å²) in [4.78, 5) is 13.9. The van der Waals surface area contributed by atoms with Crippen LogP contribution in [0.25, 0.3) is 10.9 Å². The average molecular weight is 361 g/mol. The number of aromatic nitrogens is 1. The van der Waals surface area contributed by atoms with E-state index < -0.39 is 0 Å². The van der Waals surface area contributed by atoms with Gasteiger partial charge in [-0.1, -0.05) is 24.6 Å². The molecule has 1 aromatic carbocycles. The molecule has 3 heterocycles. The van der Waals surface area contributed by atoms with E-state index in [4.69, 9.17) is 16.3 Å². The number of nitrogens with one attached hydrogen (secondary N) is 1. The van der Waals surface area contributed by atoms with Gasteiger partial charge in [0, 0.05) is 10.3 Å². The van der Waals surface area contributed by atoms with Crippen molar-refractivity contribution in [2.24, 2.45) is 0 Å². The lowest BCUT2D eigenvalue weighted by Crippen LogP contribution is -2.31. The number of halogens is 1. The van der Waals surface area contributed by atoms with Crippen molar-refractivity contribution < 1.29 is 9.53 Å². The SMILES string of the molecule is CCC1Cn2c(C(=O)NCc3cccs3)cc3c(Cl)ccc(c32)O1. The molecule has 24 heavy (non-hydrogen) atoms. The summed E-state index contributed by atoms with van der Waals surface area (Å²) in [5.74, 6) is 0.711. The lowest BCUT2D eigenvalue weighted by Gasteiger charge is -2.26. The van der Waals surface area contributed by atoms with Crippen molar-refractivity contribution in [3.8, 4) is 5.75 Å². The van der Waals surface area contributed by atoms with Crippen LogP contribution >= 0.6 is 22.9 Å². The van der Waals surface area contributed by atoms with Crippen LogP contribution in [0.2, 0.25) is 5.02 Å². The minimum Gasteiger partial charge on any atom is -0.486 e. The first-order valence-electron chi connectivity index (χ1n) is 7.96. The highest BCUT2D eigenvalue weighted by molar-refractivity contribution is 7.09. The fourth-order valence-corrected chi connectivity index (χ4v) is 3.94. The molecule has 1 N–H and O–H groups in total. The van der Waals surface area contributed by atoms with Gasteiger partial charge in [-0.15, -0.1) is 11.3 Å². The van der Waals surface area contributed by atoms with E-state index in [0.29, 0.717) is 23.8 Å². The zero-order valence-electron chi connectivity index (χ0n) is 13.2. The molecule has 124 valence electrons. The van der Waals surface area contributed by atoms with Crippen LogP contribution in [0.1, 0.15) is 28.7 Å². The van der Waals surface area contributed by atoms with Gasteiger partial charge in [-0.05, 0) is 36.1 Å². The van der Waals surface area contributed by atoms with E-state index in [0.717, 1.165) is 28.0 Å². The molecule has 6 heteroatoms. The Kier molecular flexibility index (Phi) is 3.98. The molecule has 0 fully saturated rings. The second-order valence-corrected chi connectivity index (χ2v) is 7.30. The van der Waals surface area contributed by atoms with E-state index in [1.807, 2.05) is 40.3 Å². The number of carbonyl (C=O) groups excluding carboxylic acids is 1. The molecule has 3 aromatic rings. The van der Waals surface area contributed by atoms with E-state index >= 15 is 0 Å². The summed E-state index contributed by atoms with van der Waals surface area (Å²) in [6.45, 7) is 3.28. The number of carbonyl (C=O) groups is 1. The quantitative estimate of drug-likeness (QED) is 0.746. The van der Waals surface area contributed by atoms with Gasteiger partial charge in [-0.3, -0.25) is 4.79 Å². The van der Waals surface area contributed by atoms with Crippen molar-refractivity contribution in [1.82, 2.24) is 9.88 Å². The molecular formula is C18H17ClN2O2S. The van der Waals surface area contributed by atoms with Crippen molar-refractivity contribution in [1.29, 1.82) is 0 Å². The highest BCUT2D eigenvalue weighted by Crippen LogP contribution is 2.38. The van der Waals surface area contributed by atoms with Gasteiger partial charge >= 0.3 is 0 Å². The molecule has 0 saturated carbocycles. The topological polar surface area (TPSA) is 43.3 Å². The Morgan fingerprint density at radius 3 is 3.08 bits per heavy atom. The first kappa shape index (κ1) is 15.5. The summed E-state index contributed by atoms with van der Waals surface area (Å²) in [7, 11) is 0. The second-order valence-electron chi connectivity index (χ2n) is 5.86. The molecule has 0 aliphatic carbocycles. The van der Waals surface area contributed by atoms with Crippen molar-refractivity contribution in [3.63, 3.8) is 0 Å². The van der Waals surface area contributed by atoms with Crippen LogP contribution in [-0.2, 0) is 13.1 Å². The molecule has 0 radical (unpaired) electrons. The van der Waals surface area contributed by atoms with E-state index in [-0.39, 0.29) is 12.0 Å². The Labute approximate surface area is 149 Å². The van der Waals surface area contributed by atoms with E-state index in [2.05, 4.69) is 12.2 Å². The van der Waals surface area contributed by atoms with Crippen LogP contribution in [0.15, 0.2) is 35.7 Å². The summed E-state index contributed by atoms with van der Waals surface area (Å²) in [5.41, 5.74) is 1.55. The molecule has 1 amide bonds. The fraction of sp³-hybridized carbons (Fsp3) is 0.278. The standard InChI is InChI=1S/C18H17ClN2O2S/c1-2-11-10-21-15(18(22)20-9-12-4-3-7-24-12)8-13-14(19)5-6-16(23-11)17(13)21/h3-8,11H,2,9-10H2,1H3,(H,20,22). The normalized spacial score (nSPS) is 16.2. The number of thiophene rings is 1. The predicted octanol–water partition coefficient (Wildman–Crippen LogP) is 4.46. The van der Waals surface area contributed by atoms with Crippen LogP contribution in [0.5, 0.6) is 5.75 Å². The first-order chi connectivity index (χ1) is 11.7. The first-order valence-corrected chi connectivity index (χ1v) is 9.22. The second kappa shape index (κ2) is 6.15. The molecule has 2 aromatic heterocycles. The Hall–Kier alpha value is -1.98. The van der Waals surface area contributed by atoms with Gasteiger partial charge in [0.2, 0.25) is 0 Å². The van der Waals surface area contributed by atoms with Gasteiger partial charge in [0.1, 0.15) is 17.5 Å². The lowest BCUT2D eigenvalue weighted by molar-refractivity contribution is 0.0935. The smallest absolute Gasteiger partial charge is 0.268 e. The third kappa shape index (κ3) is 2.58. The van der Waals surface area contributed by atoms with Gasteiger partial charge in [-0.2, -0.15) is 0 Å². The van der Waals surface area contributed by atoms with E-state index in [1.165, 1.54) is 0 Å². The van der Waals surface area contributed by atoms with Crippen molar-refractivity contribution in [2.45, 2.75) is 32.5 Å². The van der Waals surface area contributed by atoms with Crippen LogP contribution < -0.4 is 10.1 Å². The Balaban J connectivity index is 1.72. The van der Waals surface area contributed by atoms with E-state index in [1.54, 1.807) is 11.3 Å². The number of hydrogen-bond acceptors (Lipinski definition) is 3. The highest BCUT2D eigenvalue weighted by atomic mass is 35.5. The van der Waals surface area contributed by atoms with Crippen molar-refractivity contribution in [3.05, 3.63) is 51.3 Å². The molecule has 1 aliphatic rings. The average Bonchev–Trinajstić information content (AvgIpc) is 3.24. The lowest BCUT2D eigenvalue weighted by atomic mass is 10.2. The zero-order chi connectivity index (χ0) is 16.7. The summed E-state index contributed by atoms with van der Waals surface area (Å²) in [5, 5.41) is 6.51. The molecule has 1 unspecified atom stereocenters. The van der Waals surface area contributed by atoms with Crippen LogP contribution in [0.4, 0.5) is 0 Å². The molecule has 0 saturated heterocycles. The summed E-state index contributed by atoms with van der Waals surface area (Å²) in [6.07, 6.45) is 0.955. The number of ether oxygens (including phenoxy) is 1. The maximum Gasteiger partial charge on any atom is 0.268 e. The van der Waals surface area contributed by atoms with Crippen LogP contribution in [0.3, 0.4) is 0 Å². The maximum absolute atomic E-state index is 12.7. The van der Waals surface area contributed by atoms with Gasteiger partial charge in [0.25, 0.3) is 5.91 Å². The summed E-state index contributed by atoms with van der Waals surface area (Å²) in [6, 6.07) is 9.58. The molecule has 0 spiro atoms. The fourth-order valence-electron chi connectivity index (χ4n) is 3.09. The molecule has 4 rings (SSSR count). The number of rotatable bonds is 4. The highest BCUT2D eigenvalue weighted by Gasteiger charge is 2.26. The number of benzene rings is 1. The molecule has 4 nitrogen and oxygen atoms in total.